The first-order chi connectivity index (χ1) is 10.5. The van der Waals surface area contributed by atoms with Crippen LogP contribution >= 0.6 is 0 Å². The van der Waals surface area contributed by atoms with E-state index in [-0.39, 0.29) is 25.0 Å². The molecule has 1 saturated heterocycles. The first-order valence-electron chi connectivity index (χ1n) is 7.52. The number of nitrogens with zero attached hydrogens (tertiary/aromatic N) is 1. The molecule has 116 valence electrons. The van der Waals surface area contributed by atoms with Crippen LogP contribution < -0.4 is 4.74 Å². The molecule has 1 aliphatic carbocycles. The standard InChI is InChI=1S/C16H17NO5/c18-14(19)12-8-9-7-11(9)17(12)15(20)16(21)5-6-22-13-4-2-1-3-10(13)16/h1-4,9,11-12,21H,5-8H2,(H,18,19)/t9-,11-,12-,16?/m0/s1. The second-order valence-electron chi connectivity index (χ2n) is 6.32. The highest BCUT2D eigenvalue weighted by molar-refractivity contribution is 5.92. The maximum atomic E-state index is 13.0. The van der Waals surface area contributed by atoms with Crippen LogP contribution in [0.5, 0.6) is 5.75 Å². The molecule has 1 aromatic carbocycles. The van der Waals surface area contributed by atoms with Gasteiger partial charge in [-0.05, 0) is 24.8 Å². The maximum absolute atomic E-state index is 13.0. The van der Waals surface area contributed by atoms with Crippen molar-refractivity contribution in [1.82, 2.24) is 4.90 Å². The Kier molecular flexibility index (Phi) is 2.75. The SMILES string of the molecule is O=C(O)[C@@H]1C[C@@H]2C[C@@H]2N1C(=O)C1(O)CCOc2ccccc21. The lowest BCUT2D eigenvalue weighted by atomic mass is 9.86. The first-order valence-corrected chi connectivity index (χ1v) is 7.52. The van der Waals surface area contributed by atoms with Crippen molar-refractivity contribution in [3.05, 3.63) is 29.8 Å². The Morgan fingerprint density at radius 3 is 2.82 bits per heavy atom. The fourth-order valence-corrected chi connectivity index (χ4v) is 3.78. The number of para-hydroxylation sites is 1. The third-order valence-electron chi connectivity index (χ3n) is 5.03. The van der Waals surface area contributed by atoms with Crippen molar-refractivity contribution in [2.45, 2.75) is 36.9 Å². The monoisotopic (exact) mass is 303 g/mol. The summed E-state index contributed by atoms with van der Waals surface area (Å²) in [7, 11) is 0. The van der Waals surface area contributed by atoms with E-state index in [1.54, 1.807) is 24.3 Å². The van der Waals surface area contributed by atoms with Crippen LogP contribution in [0.15, 0.2) is 24.3 Å². The molecular formula is C16H17NO5. The van der Waals surface area contributed by atoms with Gasteiger partial charge in [0.2, 0.25) is 0 Å². The zero-order chi connectivity index (χ0) is 15.5. The van der Waals surface area contributed by atoms with E-state index in [0.29, 0.717) is 17.7 Å². The fraction of sp³-hybridized carbons (Fsp3) is 0.500. The first kappa shape index (κ1) is 13.6. The topological polar surface area (TPSA) is 87.1 Å². The number of carboxylic acid groups (broad SMARTS) is 1. The van der Waals surface area contributed by atoms with Gasteiger partial charge in [-0.2, -0.15) is 0 Å². The molecule has 0 spiro atoms. The molecule has 0 aromatic heterocycles. The Balaban J connectivity index is 1.72. The molecule has 6 heteroatoms. The van der Waals surface area contributed by atoms with Crippen LogP contribution in [0.3, 0.4) is 0 Å². The molecule has 1 unspecified atom stereocenters. The number of amides is 1. The minimum Gasteiger partial charge on any atom is -0.493 e. The number of carbonyl (C=O) groups is 2. The highest BCUT2D eigenvalue weighted by atomic mass is 16.5. The predicted octanol–water partition coefficient (Wildman–Crippen LogP) is 0.731. The van der Waals surface area contributed by atoms with E-state index >= 15 is 0 Å². The van der Waals surface area contributed by atoms with Crippen molar-refractivity contribution in [1.29, 1.82) is 0 Å². The Bertz CT molecular complexity index is 660. The van der Waals surface area contributed by atoms with Crippen molar-refractivity contribution in [3.63, 3.8) is 0 Å². The zero-order valence-electron chi connectivity index (χ0n) is 11.9. The number of fused-ring (bicyclic) bond motifs is 2. The summed E-state index contributed by atoms with van der Waals surface area (Å²) in [5, 5.41) is 20.4. The molecule has 0 radical (unpaired) electrons. The van der Waals surface area contributed by atoms with Crippen molar-refractivity contribution in [3.8, 4) is 5.75 Å². The molecule has 2 aliphatic heterocycles. The van der Waals surface area contributed by atoms with Gasteiger partial charge in [-0.25, -0.2) is 4.79 Å². The van der Waals surface area contributed by atoms with Gasteiger partial charge in [0.15, 0.2) is 5.60 Å². The van der Waals surface area contributed by atoms with Crippen LogP contribution in [0.4, 0.5) is 0 Å². The van der Waals surface area contributed by atoms with Crippen molar-refractivity contribution >= 4 is 11.9 Å². The second-order valence-corrected chi connectivity index (χ2v) is 6.32. The summed E-state index contributed by atoms with van der Waals surface area (Å²) in [4.78, 5) is 25.8. The van der Waals surface area contributed by atoms with Gasteiger partial charge in [-0.1, -0.05) is 18.2 Å². The third kappa shape index (κ3) is 1.76. The van der Waals surface area contributed by atoms with Gasteiger partial charge in [-0.15, -0.1) is 0 Å². The Hall–Kier alpha value is -2.08. The molecule has 22 heavy (non-hydrogen) atoms. The number of hydrogen-bond donors (Lipinski definition) is 2. The second kappa shape index (κ2) is 4.46. The summed E-state index contributed by atoms with van der Waals surface area (Å²) >= 11 is 0. The molecule has 4 atom stereocenters. The maximum Gasteiger partial charge on any atom is 0.326 e. The number of likely N-dealkylation sites (tertiary alicyclic amines) is 1. The minimum atomic E-state index is -1.69. The number of carboxylic acids is 1. The van der Waals surface area contributed by atoms with Crippen molar-refractivity contribution in [2.24, 2.45) is 5.92 Å². The fourth-order valence-electron chi connectivity index (χ4n) is 3.78. The van der Waals surface area contributed by atoms with E-state index in [4.69, 9.17) is 4.74 Å². The van der Waals surface area contributed by atoms with Crippen LogP contribution in [-0.2, 0) is 15.2 Å². The Labute approximate surface area is 127 Å². The summed E-state index contributed by atoms with van der Waals surface area (Å²) in [6, 6.07) is 6.04. The van der Waals surface area contributed by atoms with Crippen LogP contribution in [0, 0.1) is 5.92 Å². The Morgan fingerprint density at radius 2 is 2.05 bits per heavy atom. The number of rotatable bonds is 2. The zero-order valence-corrected chi connectivity index (χ0v) is 11.9. The molecule has 2 heterocycles. The molecular weight excluding hydrogens is 286 g/mol. The van der Waals surface area contributed by atoms with E-state index in [2.05, 4.69) is 0 Å². The summed E-state index contributed by atoms with van der Waals surface area (Å²) in [5.41, 5.74) is -1.26. The quantitative estimate of drug-likeness (QED) is 0.841. The van der Waals surface area contributed by atoms with Gasteiger partial charge in [0.1, 0.15) is 11.8 Å². The number of hydrogen-bond acceptors (Lipinski definition) is 4. The lowest BCUT2D eigenvalue weighted by Crippen LogP contribution is -2.53. The van der Waals surface area contributed by atoms with Crippen LogP contribution in [0.25, 0.3) is 0 Å². The van der Waals surface area contributed by atoms with E-state index in [1.807, 2.05) is 0 Å². The number of benzene rings is 1. The van der Waals surface area contributed by atoms with Gasteiger partial charge in [0, 0.05) is 18.0 Å². The lowest BCUT2D eigenvalue weighted by Gasteiger charge is -2.37. The van der Waals surface area contributed by atoms with E-state index < -0.39 is 23.5 Å². The highest BCUT2D eigenvalue weighted by Crippen LogP contribution is 2.50. The molecule has 1 saturated carbocycles. The van der Waals surface area contributed by atoms with Crippen molar-refractivity contribution in [2.75, 3.05) is 6.61 Å². The molecule has 1 aromatic rings. The lowest BCUT2D eigenvalue weighted by molar-refractivity contribution is -0.163. The number of aliphatic carboxylic acids is 1. The van der Waals surface area contributed by atoms with Crippen LogP contribution in [-0.4, -0.2) is 45.7 Å². The molecule has 4 rings (SSSR count). The minimum absolute atomic E-state index is 0.0346. The summed E-state index contributed by atoms with van der Waals surface area (Å²) in [5.74, 6) is -0.739. The van der Waals surface area contributed by atoms with E-state index in [1.165, 1.54) is 4.90 Å². The molecule has 6 nitrogen and oxygen atoms in total. The number of aliphatic hydroxyl groups is 1. The van der Waals surface area contributed by atoms with Gasteiger partial charge < -0.3 is 19.8 Å². The number of carbonyl (C=O) groups excluding carboxylic acids is 1. The third-order valence-corrected chi connectivity index (χ3v) is 5.03. The molecule has 0 bridgehead atoms. The van der Waals surface area contributed by atoms with Gasteiger partial charge in [0.05, 0.1) is 6.61 Å². The average Bonchev–Trinajstić information content (AvgIpc) is 3.17. The van der Waals surface area contributed by atoms with Crippen LogP contribution in [0.2, 0.25) is 0 Å². The van der Waals surface area contributed by atoms with Gasteiger partial charge in [0.25, 0.3) is 5.91 Å². The van der Waals surface area contributed by atoms with Gasteiger partial charge in [-0.3, -0.25) is 4.79 Å². The number of ether oxygens (including phenoxy) is 1. The largest absolute Gasteiger partial charge is 0.493 e. The smallest absolute Gasteiger partial charge is 0.326 e. The average molecular weight is 303 g/mol. The Morgan fingerprint density at radius 1 is 1.27 bits per heavy atom. The normalized spacial score (nSPS) is 35.3. The number of piperidine rings is 1. The summed E-state index contributed by atoms with van der Waals surface area (Å²) in [6.07, 6.45) is 1.47. The predicted molar refractivity (Wildman–Crippen MR) is 75.2 cm³/mol. The van der Waals surface area contributed by atoms with Crippen LogP contribution in [0.1, 0.15) is 24.8 Å². The van der Waals surface area contributed by atoms with Gasteiger partial charge >= 0.3 is 5.97 Å². The molecule has 3 aliphatic rings. The molecule has 2 N–H and O–H groups in total. The van der Waals surface area contributed by atoms with Crippen molar-refractivity contribution < 1.29 is 24.5 Å². The summed E-state index contributed by atoms with van der Waals surface area (Å²) < 4.78 is 5.50. The molecule has 1 amide bonds. The molecule has 2 fully saturated rings. The highest BCUT2D eigenvalue weighted by Gasteiger charge is 2.60. The van der Waals surface area contributed by atoms with E-state index in [9.17, 15) is 19.8 Å². The summed E-state index contributed by atoms with van der Waals surface area (Å²) in [6.45, 7) is 0.235. The van der Waals surface area contributed by atoms with E-state index in [0.717, 1.165) is 6.42 Å².